The Hall–Kier alpha value is -1.07. The van der Waals surface area contributed by atoms with Gasteiger partial charge in [0.25, 0.3) is 0 Å². The summed E-state index contributed by atoms with van der Waals surface area (Å²) in [5.41, 5.74) is 1.14. The molecule has 84 valence electrons. The lowest BCUT2D eigenvalue weighted by atomic mass is 10.2. The Bertz CT molecular complexity index is 324. The van der Waals surface area contributed by atoms with Crippen LogP contribution in [0.1, 0.15) is 12.0 Å². The number of aliphatic hydroxyl groups is 1. The van der Waals surface area contributed by atoms with Gasteiger partial charge in [0, 0.05) is 6.54 Å². The van der Waals surface area contributed by atoms with E-state index in [9.17, 15) is 9.90 Å². The lowest BCUT2D eigenvalue weighted by Crippen LogP contribution is -2.23. The van der Waals surface area contributed by atoms with Crippen molar-refractivity contribution in [3.8, 4) is 0 Å². The summed E-state index contributed by atoms with van der Waals surface area (Å²) in [7, 11) is 1.31. The molecule has 1 aromatic heterocycles. The molecule has 5 heteroatoms. The van der Waals surface area contributed by atoms with E-state index in [4.69, 9.17) is 0 Å². The van der Waals surface area contributed by atoms with Gasteiger partial charge in [0.15, 0.2) is 0 Å². The lowest BCUT2D eigenvalue weighted by molar-refractivity contribution is -0.142. The van der Waals surface area contributed by atoms with Crippen LogP contribution >= 0.6 is 11.3 Å². The first kappa shape index (κ1) is 12.0. The molecule has 0 aliphatic rings. The molecule has 0 bridgehead atoms. The molecule has 1 atom stereocenters. The molecule has 0 spiro atoms. The van der Waals surface area contributed by atoms with Gasteiger partial charge < -0.3 is 15.2 Å². The minimum atomic E-state index is -0.709. The molecule has 0 saturated carbocycles. The molecule has 2 N–H and O–H groups in total. The Morgan fingerprint density at radius 2 is 2.47 bits per heavy atom. The van der Waals surface area contributed by atoms with Gasteiger partial charge in [-0.05, 0) is 23.9 Å². The van der Waals surface area contributed by atoms with Gasteiger partial charge in [0.1, 0.15) is 0 Å². The number of anilines is 1. The van der Waals surface area contributed by atoms with Crippen molar-refractivity contribution in [1.82, 2.24) is 0 Å². The van der Waals surface area contributed by atoms with Crippen molar-refractivity contribution >= 4 is 22.3 Å². The summed E-state index contributed by atoms with van der Waals surface area (Å²) in [6.45, 7) is 2.35. The largest absolute Gasteiger partial charge is 0.469 e. The van der Waals surface area contributed by atoms with Crippen LogP contribution in [0.4, 0.5) is 5.00 Å². The molecule has 0 aliphatic heterocycles. The number of esters is 1. The van der Waals surface area contributed by atoms with E-state index >= 15 is 0 Å². The van der Waals surface area contributed by atoms with Crippen molar-refractivity contribution in [3.05, 3.63) is 17.0 Å². The van der Waals surface area contributed by atoms with Crippen LogP contribution < -0.4 is 5.32 Å². The van der Waals surface area contributed by atoms with E-state index in [0.29, 0.717) is 6.54 Å². The third-order valence-corrected chi connectivity index (χ3v) is 2.96. The van der Waals surface area contributed by atoms with E-state index in [1.54, 1.807) is 11.3 Å². The molecule has 1 unspecified atom stereocenters. The fourth-order valence-corrected chi connectivity index (χ4v) is 1.94. The van der Waals surface area contributed by atoms with Crippen LogP contribution in [0.3, 0.4) is 0 Å². The van der Waals surface area contributed by atoms with Gasteiger partial charge in [0.2, 0.25) is 0 Å². The highest BCUT2D eigenvalue weighted by Gasteiger charge is 2.11. The number of carbonyl (C=O) groups is 1. The van der Waals surface area contributed by atoms with E-state index in [0.717, 1.165) is 10.6 Å². The third kappa shape index (κ3) is 3.89. The monoisotopic (exact) mass is 229 g/mol. The molecule has 15 heavy (non-hydrogen) atoms. The second-order valence-corrected chi connectivity index (χ2v) is 4.16. The van der Waals surface area contributed by atoms with E-state index in [-0.39, 0.29) is 6.42 Å². The number of carbonyl (C=O) groups excluding carboxylic acids is 1. The van der Waals surface area contributed by atoms with Gasteiger partial charge in [-0.15, -0.1) is 11.3 Å². The normalized spacial score (nSPS) is 12.2. The molecule has 4 nitrogen and oxygen atoms in total. The predicted octanol–water partition coefficient (Wildman–Crippen LogP) is 1.39. The van der Waals surface area contributed by atoms with E-state index in [1.165, 1.54) is 7.11 Å². The molecule has 0 radical (unpaired) electrons. The summed E-state index contributed by atoms with van der Waals surface area (Å²) in [5.74, 6) is -0.396. The SMILES string of the molecule is COC(=O)CC(O)CNc1sccc1C. The molecule has 0 aliphatic carbocycles. The van der Waals surface area contributed by atoms with E-state index < -0.39 is 12.1 Å². The van der Waals surface area contributed by atoms with Crippen LogP contribution in [0.25, 0.3) is 0 Å². The van der Waals surface area contributed by atoms with Gasteiger partial charge in [-0.2, -0.15) is 0 Å². The predicted molar refractivity (Wildman–Crippen MR) is 60.2 cm³/mol. The number of hydrogen-bond donors (Lipinski definition) is 2. The van der Waals surface area contributed by atoms with E-state index in [1.807, 2.05) is 18.4 Å². The lowest BCUT2D eigenvalue weighted by Gasteiger charge is -2.10. The first-order valence-electron chi connectivity index (χ1n) is 4.66. The summed E-state index contributed by atoms with van der Waals surface area (Å²) in [6.07, 6.45) is -0.688. The molecular weight excluding hydrogens is 214 g/mol. The Labute approximate surface area is 92.9 Å². The minimum Gasteiger partial charge on any atom is -0.469 e. The first-order chi connectivity index (χ1) is 7.13. The first-order valence-corrected chi connectivity index (χ1v) is 5.54. The number of methoxy groups -OCH3 is 1. The quantitative estimate of drug-likeness (QED) is 0.749. The summed E-state index contributed by atoms with van der Waals surface area (Å²) in [4.78, 5) is 10.8. The van der Waals surface area contributed by atoms with Crippen molar-refractivity contribution in [2.75, 3.05) is 19.0 Å². The smallest absolute Gasteiger partial charge is 0.308 e. The Balaban J connectivity index is 2.31. The average Bonchev–Trinajstić information content (AvgIpc) is 2.61. The highest BCUT2D eigenvalue weighted by molar-refractivity contribution is 7.14. The molecule has 0 aromatic carbocycles. The van der Waals surface area contributed by atoms with Crippen LogP contribution in [-0.2, 0) is 9.53 Å². The molecule has 1 rings (SSSR count). The topological polar surface area (TPSA) is 58.6 Å². The van der Waals surface area contributed by atoms with Gasteiger partial charge in [-0.3, -0.25) is 4.79 Å². The van der Waals surface area contributed by atoms with Gasteiger partial charge in [-0.25, -0.2) is 0 Å². The van der Waals surface area contributed by atoms with E-state index in [2.05, 4.69) is 10.1 Å². The highest BCUT2D eigenvalue weighted by Crippen LogP contribution is 2.21. The van der Waals surface area contributed by atoms with Gasteiger partial charge in [0.05, 0.1) is 24.6 Å². The number of hydrogen-bond acceptors (Lipinski definition) is 5. The maximum atomic E-state index is 10.8. The van der Waals surface area contributed by atoms with Crippen LogP contribution in [-0.4, -0.2) is 30.8 Å². The Kier molecular flexibility index (Phi) is 4.58. The maximum absolute atomic E-state index is 10.8. The second-order valence-electron chi connectivity index (χ2n) is 3.25. The Morgan fingerprint density at radius 3 is 3.00 bits per heavy atom. The zero-order valence-electron chi connectivity index (χ0n) is 8.82. The van der Waals surface area contributed by atoms with Crippen molar-refractivity contribution < 1.29 is 14.6 Å². The number of rotatable bonds is 5. The molecule has 0 fully saturated rings. The second kappa shape index (κ2) is 5.72. The van der Waals surface area contributed by atoms with Crippen molar-refractivity contribution in [2.45, 2.75) is 19.4 Å². The summed E-state index contributed by atoms with van der Waals surface area (Å²) in [6, 6.07) is 2.00. The molecule has 1 heterocycles. The highest BCUT2D eigenvalue weighted by atomic mass is 32.1. The molecule has 0 amide bonds. The third-order valence-electron chi connectivity index (χ3n) is 1.99. The van der Waals surface area contributed by atoms with Crippen molar-refractivity contribution in [1.29, 1.82) is 0 Å². The number of nitrogens with one attached hydrogen (secondary N) is 1. The van der Waals surface area contributed by atoms with Crippen LogP contribution in [0.2, 0.25) is 0 Å². The number of aliphatic hydroxyl groups excluding tert-OH is 1. The zero-order valence-corrected chi connectivity index (χ0v) is 9.63. The average molecular weight is 229 g/mol. The molecule has 1 aromatic rings. The standard InChI is InChI=1S/C10H15NO3S/c1-7-3-4-15-10(7)11-6-8(12)5-9(13)14-2/h3-4,8,11-12H,5-6H2,1-2H3. The molecule has 0 saturated heterocycles. The number of ether oxygens (including phenoxy) is 1. The van der Waals surface area contributed by atoms with Gasteiger partial charge >= 0.3 is 5.97 Å². The molecular formula is C10H15NO3S. The van der Waals surface area contributed by atoms with Crippen LogP contribution in [0, 0.1) is 6.92 Å². The van der Waals surface area contributed by atoms with Crippen molar-refractivity contribution in [3.63, 3.8) is 0 Å². The van der Waals surface area contributed by atoms with Crippen LogP contribution in [0.15, 0.2) is 11.4 Å². The van der Waals surface area contributed by atoms with Crippen LogP contribution in [0.5, 0.6) is 0 Å². The summed E-state index contributed by atoms with van der Waals surface area (Å²) in [5, 5.41) is 15.6. The van der Waals surface area contributed by atoms with Gasteiger partial charge in [-0.1, -0.05) is 0 Å². The maximum Gasteiger partial charge on any atom is 0.308 e. The minimum absolute atomic E-state index is 0.0217. The number of thiophene rings is 1. The summed E-state index contributed by atoms with van der Waals surface area (Å²) >= 11 is 1.58. The zero-order chi connectivity index (χ0) is 11.3. The fourth-order valence-electron chi connectivity index (χ4n) is 1.11. The number of aryl methyl sites for hydroxylation is 1. The fraction of sp³-hybridized carbons (Fsp3) is 0.500. The summed E-state index contributed by atoms with van der Waals surface area (Å²) < 4.78 is 4.46. The van der Waals surface area contributed by atoms with Crippen molar-refractivity contribution in [2.24, 2.45) is 0 Å². The Morgan fingerprint density at radius 1 is 1.73 bits per heavy atom.